The van der Waals surface area contributed by atoms with Crippen LogP contribution < -0.4 is 4.74 Å². The van der Waals surface area contributed by atoms with E-state index in [9.17, 15) is 14.9 Å². The molecule has 0 amide bonds. The van der Waals surface area contributed by atoms with Crippen LogP contribution in [0.5, 0.6) is 11.6 Å². The number of carbonyl (C=O) groups is 1. The van der Waals surface area contributed by atoms with Crippen LogP contribution in [0.25, 0.3) is 0 Å². The number of hydrogen-bond acceptors (Lipinski definition) is 5. The largest absolute Gasteiger partial charge is 0.434 e. The lowest BCUT2D eigenvalue weighted by Crippen LogP contribution is -1.96. The molecule has 0 atom stereocenters. The second-order valence-electron chi connectivity index (χ2n) is 3.49. The van der Waals surface area contributed by atoms with Gasteiger partial charge in [-0.3, -0.25) is 14.9 Å². The molecule has 0 aliphatic heterocycles. The van der Waals surface area contributed by atoms with Gasteiger partial charge in [0.25, 0.3) is 5.88 Å². The highest BCUT2D eigenvalue weighted by atomic mass is 79.9. The average molecular weight is 323 g/mol. The van der Waals surface area contributed by atoms with Gasteiger partial charge in [-0.15, -0.1) is 0 Å². The monoisotopic (exact) mass is 322 g/mol. The molecule has 0 radical (unpaired) electrons. The third-order valence-corrected chi connectivity index (χ3v) is 2.98. The SMILES string of the molecule is O=Cc1cc(Oc2ncccc2[N+](=O)[O-])ccc1Br. The molecule has 1 aromatic heterocycles. The Balaban J connectivity index is 2.36. The van der Waals surface area contributed by atoms with Crippen molar-refractivity contribution in [2.24, 2.45) is 0 Å². The Kier molecular flexibility index (Phi) is 3.86. The molecule has 0 aliphatic rings. The number of benzene rings is 1. The van der Waals surface area contributed by atoms with Crippen LogP contribution in [0.3, 0.4) is 0 Å². The van der Waals surface area contributed by atoms with Crippen molar-refractivity contribution < 1.29 is 14.5 Å². The van der Waals surface area contributed by atoms with Crippen molar-refractivity contribution in [3.8, 4) is 11.6 Å². The number of carbonyl (C=O) groups excluding carboxylic acids is 1. The lowest BCUT2D eigenvalue weighted by atomic mass is 10.2. The summed E-state index contributed by atoms with van der Waals surface area (Å²) in [7, 11) is 0. The van der Waals surface area contributed by atoms with E-state index in [0.29, 0.717) is 22.1 Å². The molecule has 0 spiro atoms. The number of pyridine rings is 1. The van der Waals surface area contributed by atoms with Crippen LogP contribution in [0.1, 0.15) is 10.4 Å². The van der Waals surface area contributed by atoms with E-state index in [0.717, 1.165) is 0 Å². The average Bonchev–Trinajstić information content (AvgIpc) is 2.41. The Labute approximate surface area is 116 Å². The van der Waals surface area contributed by atoms with E-state index in [2.05, 4.69) is 20.9 Å². The van der Waals surface area contributed by atoms with Gasteiger partial charge in [-0.05, 0) is 24.3 Å². The predicted octanol–water partition coefficient (Wildman–Crippen LogP) is 3.36. The zero-order valence-electron chi connectivity index (χ0n) is 9.45. The van der Waals surface area contributed by atoms with Crippen LogP contribution >= 0.6 is 15.9 Å². The maximum atomic E-state index is 10.8. The molecule has 1 heterocycles. The number of aldehydes is 1. The molecular weight excluding hydrogens is 316 g/mol. The van der Waals surface area contributed by atoms with Crippen molar-refractivity contribution in [3.05, 3.63) is 56.7 Å². The molecule has 0 bridgehead atoms. The Morgan fingerprint density at radius 2 is 2.16 bits per heavy atom. The van der Waals surface area contributed by atoms with Crippen molar-refractivity contribution >= 4 is 27.9 Å². The number of aromatic nitrogens is 1. The van der Waals surface area contributed by atoms with Crippen LogP contribution in [-0.2, 0) is 0 Å². The second kappa shape index (κ2) is 5.57. The van der Waals surface area contributed by atoms with Crippen LogP contribution in [0.4, 0.5) is 5.69 Å². The molecule has 0 aliphatic carbocycles. The van der Waals surface area contributed by atoms with E-state index < -0.39 is 4.92 Å². The first-order valence-corrected chi connectivity index (χ1v) is 5.93. The summed E-state index contributed by atoms with van der Waals surface area (Å²) in [5.41, 5.74) is 0.147. The van der Waals surface area contributed by atoms with Gasteiger partial charge in [0.05, 0.1) is 4.92 Å². The smallest absolute Gasteiger partial charge is 0.331 e. The Bertz CT molecular complexity index is 645. The molecule has 0 saturated heterocycles. The maximum Gasteiger partial charge on any atom is 0.331 e. The molecule has 0 fully saturated rings. The Hall–Kier alpha value is -2.28. The minimum atomic E-state index is -0.582. The van der Waals surface area contributed by atoms with E-state index in [-0.39, 0.29) is 11.6 Å². The lowest BCUT2D eigenvalue weighted by Gasteiger charge is -2.06. The molecule has 6 nitrogen and oxygen atoms in total. The first-order chi connectivity index (χ1) is 9.11. The number of nitrogens with zero attached hydrogens (tertiary/aromatic N) is 2. The highest BCUT2D eigenvalue weighted by molar-refractivity contribution is 9.10. The standard InChI is InChI=1S/C12H7BrN2O4/c13-10-4-3-9(6-8(10)7-16)19-12-11(15(17)18)2-1-5-14-12/h1-7H. The van der Waals surface area contributed by atoms with Gasteiger partial charge in [-0.2, -0.15) is 0 Å². The second-order valence-corrected chi connectivity index (χ2v) is 4.34. The summed E-state index contributed by atoms with van der Waals surface area (Å²) in [6, 6.07) is 7.41. The highest BCUT2D eigenvalue weighted by Gasteiger charge is 2.16. The number of halogens is 1. The topological polar surface area (TPSA) is 82.3 Å². The van der Waals surface area contributed by atoms with Gasteiger partial charge in [0.2, 0.25) is 0 Å². The van der Waals surface area contributed by atoms with E-state index in [4.69, 9.17) is 4.74 Å². The van der Waals surface area contributed by atoms with Gasteiger partial charge in [-0.25, -0.2) is 4.98 Å². The molecule has 2 aromatic rings. The summed E-state index contributed by atoms with van der Waals surface area (Å²) < 4.78 is 5.95. The van der Waals surface area contributed by atoms with E-state index >= 15 is 0 Å². The van der Waals surface area contributed by atoms with Crippen molar-refractivity contribution in [1.82, 2.24) is 4.98 Å². The van der Waals surface area contributed by atoms with Gasteiger partial charge in [-0.1, -0.05) is 15.9 Å². The zero-order chi connectivity index (χ0) is 13.8. The fraction of sp³-hybridized carbons (Fsp3) is 0. The van der Waals surface area contributed by atoms with E-state index in [1.807, 2.05) is 0 Å². The minimum absolute atomic E-state index is 0.119. The quantitative estimate of drug-likeness (QED) is 0.489. The molecule has 96 valence electrons. The number of ether oxygens (including phenoxy) is 1. The summed E-state index contributed by atoms with van der Waals surface area (Å²) in [6.45, 7) is 0. The Morgan fingerprint density at radius 1 is 1.37 bits per heavy atom. The van der Waals surface area contributed by atoms with Gasteiger partial charge >= 0.3 is 5.69 Å². The normalized spacial score (nSPS) is 9.95. The third-order valence-electron chi connectivity index (χ3n) is 2.26. The van der Waals surface area contributed by atoms with Crippen LogP contribution in [-0.4, -0.2) is 16.2 Å². The molecule has 7 heteroatoms. The first kappa shape index (κ1) is 13.2. The van der Waals surface area contributed by atoms with Crippen LogP contribution in [0.15, 0.2) is 41.0 Å². The number of nitro groups is 1. The molecule has 1 aromatic carbocycles. The lowest BCUT2D eigenvalue weighted by molar-refractivity contribution is -0.386. The van der Waals surface area contributed by atoms with Crippen molar-refractivity contribution in [2.45, 2.75) is 0 Å². The number of hydrogen-bond donors (Lipinski definition) is 0. The predicted molar refractivity (Wildman–Crippen MR) is 70.5 cm³/mol. The van der Waals surface area contributed by atoms with Gasteiger partial charge in [0, 0.05) is 22.3 Å². The van der Waals surface area contributed by atoms with Gasteiger partial charge < -0.3 is 4.74 Å². The fourth-order valence-corrected chi connectivity index (χ4v) is 1.73. The fourth-order valence-electron chi connectivity index (χ4n) is 1.39. The summed E-state index contributed by atoms with van der Waals surface area (Å²) >= 11 is 3.20. The molecule has 0 saturated carbocycles. The van der Waals surface area contributed by atoms with Crippen molar-refractivity contribution in [3.63, 3.8) is 0 Å². The summed E-state index contributed by atoms with van der Waals surface area (Å²) in [4.78, 5) is 24.8. The molecule has 0 unspecified atom stereocenters. The molecular formula is C12H7BrN2O4. The van der Waals surface area contributed by atoms with Gasteiger partial charge in [0.15, 0.2) is 6.29 Å². The van der Waals surface area contributed by atoms with Gasteiger partial charge in [0.1, 0.15) is 5.75 Å². The summed E-state index contributed by atoms with van der Waals surface area (Å²) in [6.07, 6.45) is 2.05. The zero-order valence-corrected chi connectivity index (χ0v) is 11.0. The van der Waals surface area contributed by atoms with Crippen molar-refractivity contribution in [2.75, 3.05) is 0 Å². The van der Waals surface area contributed by atoms with Crippen molar-refractivity contribution in [1.29, 1.82) is 0 Å². The Morgan fingerprint density at radius 3 is 2.84 bits per heavy atom. The first-order valence-electron chi connectivity index (χ1n) is 5.14. The van der Waals surface area contributed by atoms with E-state index in [1.54, 1.807) is 12.1 Å². The van der Waals surface area contributed by atoms with Crippen LogP contribution in [0.2, 0.25) is 0 Å². The molecule has 0 N–H and O–H groups in total. The molecule has 19 heavy (non-hydrogen) atoms. The third kappa shape index (κ3) is 2.94. The maximum absolute atomic E-state index is 10.8. The number of rotatable bonds is 4. The summed E-state index contributed by atoms with van der Waals surface area (Å²) in [5.74, 6) is 0.179. The summed E-state index contributed by atoms with van der Waals surface area (Å²) in [5, 5.41) is 10.8. The minimum Gasteiger partial charge on any atom is -0.434 e. The van der Waals surface area contributed by atoms with Crippen LogP contribution in [0, 0.1) is 10.1 Å². The molecule has 2 rings (SSSR count). The van der Waals surface area contributed by atoms with E-state index in [1.165, 1.54) is 24.4 Å². The highest BCUT2D eigenvalue weighted by Crippen LogP contribution is 2.30.